The van der Waals surface area contributed by atoms with Crippen molar-refractivity contribution in [3.8, 4) is 0 Å². The van der Waals surface area contributed by atoms with Crippen molar-refractivity contribution in [1.82, 2.24) is 5.32 Å². The highest BCUT2D eigenvalue weighted by Crippen LogP contribution is 2.24. The van der Waals surface area contributed by atoms with Crippen LogP contribution in [-0.2, 0) is 4.79 Å². The number of hydrogen-bond acceptors (Lipinski definition) is 3. The molecular formula is C19H28N2O3. The lowest BCUT2D eigenvalue weighted by atomic mass is 9.86. The fraction of sp³-hybridized carbons (Fsp3) is 0.579. The molecule has 1 amide bonds. The summed E-state index contributed by atoms with van der Waals surface area (Å²) in [7, 11) is 2.06. The van der Waals surface area contributed by atoms with Gasteiger partial charge < -0.3 is 15.3 Å². The molecule has 5 heteroatoms. The average molecular weight is 332 g/mol. The topological polar surface area (TPSA) is 69.6 Å². The van der Waals surface area contributed by atoms with Crippen molar-refractivity contribution in [1.29, 1.82) is 0 Å². The zero-order chi connectivity index (χ0) is 17.5. The number of nitrogens with one attached hydrogen (secondary N) is 1. The van der Waals surface area contributed by atoms with Crippen LogP contribution in [0.5, 0.6) is 0 Å². The van der Waals surface area contributed by atoms with Gasteiger partial charge in [-0.25, -0.2) is 0 Å². The molecule has 0 bridgehead atoms. The van der Waals surface area contributed by atoms with Gasteiger partial charge in [0.1, 0.15) is 0 Å². The highest BCUT2D eigenvalue weighted by Gasteiger charge is 2.26. The number of carbonyl (C=O) groups is 2. The average Bonchev–Trinajstić information content (AvgIpc) is 2.60. The summed E-state index contributed by atoms with van der Waals surface area (Å²) < 4.78 is 0. The standard InChI is InChI=1S/C19H28N2O3/c1-3-4-13-21(2)17-11-7-14(8-12-17)18(22)20-16-9-5-15(6-10-16)19(23)24/h7-8,11-12,15-16H,3-6,9-10,13H2,1-2H3,(H,20,22)(H,23,24). The zero-order valence-corrected chi connectivity index (χ0v) is 14.6. The van der Waals surface area contributed by atoms with Gasteiger partial charge in [-0.3, -0.25) is 9.59 Å². The number of nitrogens with zero attached hydrogens (tertiary/aromatic N) is 1. The van der Waals surface area contributed by atoms with E-state index in [1.54, 1.807) is 0 Å². The summed E-state index contributed by atoms with van der Waals surface area (Å²) in [4.78, 5) is 25.5. The van der Waals surface area contributed by atoms with Gasteiger partial charge in [-0.15, -0.1) is 0 Å². The molecule has 0 aromatic heterocycles. The van der Waals surface area contributed by atoms with Crippen LogP contribution in [0.25, 0.3) is 0 Å². The van der Waals surface area contributed by atoms with Crippen LogP contribution in [0.3, 0.4) is 0 Å². The van der Waals surface area contributed by atoms with Gasteiger partial charge in [-0.1, -0.05) is 13.3 Å². The van der Waals surface area contributed by atoms with Crippen molar-refractivity contribution in [2.75, 3.05) is 18.5 Å². The normalized spacial score (nSPS) is 20.4. The summed E-state index contributed by atoms with van der Waals surface area (Å²) >= 11 is 0. The lowest BCUT2D eigenvalue weighted by Gasteiger charge is -2.27. The Hall–Kier alpha value is -2.04. The Kier molecular flexibility index (Phi) is 6.64. The first-order chi connectivity index (χ1) is 11.5. The van der Waals surface area contributed by atoms with Crippen LogP contribution in [0, 0.1) is 5.92 Å². The van der Waals surface area contributed by atoms with Crippen molar-refractivity contribution < 1.29 is 14.7 Å². The molecule has 0 spiro atoms. The summed E-state index contributed by atoms with van der Waals surface area (Å²) in [6.07, 6.45) is 5.07. The maximum absolute atomic E-state index is 12.3. The van der Waals surface area contributed by atoms with E-state index < -0.39 is 5.97 Å². The number of unbranched alkanes of at least 4 members (excludes halogenated alkanes) is 1. The molecule has 1 aromatic rings. The lowest BCUT2D eigenvalue weighted by Crippen LogP contribution is -2.38. The largest absolute Gasteiger partial charge is 0.481 e. The molecule has 0 radical (unpaired) electrons. The van der Waals surface area contributed by atoms with Gasteiger partial charge in [0, 0.05) is 30.9 Å². The van der Waals surface area contributed by atoms with Gasteiger partial charge in [0.05, 0.1) is 5.92 Å². The third kappa shape index (κ3) is 4.98. The highest BCUT2D eigenvalue weighted by molar-refractivity contribution is 5.94. The van der Waals surface area contributed by atoms with Crippen molar-refractivity contribution in [3.63, 3.8) is 0 Å². The van der Waals surface area contributed by atoms with Crippen LogP contribution in [0.15, 0.2) is 24.3 Å². The molecule has 1 aromatic carbocycles. The number of carbonyl (C=O) groups excluding carboxylic acids is 1. The summed E-state index contributed by atoms with van der Waals surface area (Å²) in [6.45, 7) is 3.18. The van der Waals surface area contributed by atoms with Gasteiger partial charge in [0.15, 0.2) is 0 Å². The predicted molar refractivity (Wildman–Crippen MR) is 95.5 cm³/mol. The molecule has 1 aliphatic rings. The van der Waals surface area contributed by atoms with E-state index in [9.17, 15) is 9.59 Å². The van der Waals surface area contributed by atoms with E-state index in [0.717, 1.165) is 37.9 Å². The molecule has 24 heavy (non-hydrogen) atoms. The van der Waals surface area contributed by atoms with Gasteiger partial charge in [0.25, 0.3) is 5.91 Å². The molecule has 0 heterocycles. The van der Waals surface area contributed by atoms with Crippen molar-refractivity contribution in [2.24, 2.45) is 5.92 Å². The molecule has 0 saturated heterocycles. The van der Waals surface area contributed by atoms with Crippen molar-refractivity contribution in [3.05, 3.63) is 29.8 Å². The Balaban J connectivity index is 1.86. The van der Waals surface area contributed by atoms with E-state index >= 15 is 0 Å². The van der Waals surface area contributed by atoms with Gasteiger partial charge in [-0.2, -0.15) is 0 Å². The Morgan fingerprint density at radius 2 is 1.79 bits per heavy atom. The molecule has 5 nitrogen and oxygen atoms in total. The van der Waals surface area contributed by atoms with E-state index in [-0.39, 0.29) is 17.9 Å². The number of hydrogen-bond donors (Lipinski definition) is 2. The smallest absolute Gasteiger partial charge is 0.306 e. The molecule has 132 valence electrons. The Morgan fingerprint density at radius 1 is 1.17 bits per heavy atom. The van der Waals surface area contributed by atoms with Gasteiger partial charge >= 0.3 is 5.97 Å². The minimum absolute atomic E-state index is 0.0727. The fourth-order valence-electron chi connectivity index (χ4n) is 3.15. The van der Waals surface area contributed by atoms with Crippen LogP contribution in [0.1, 0.15) is 55.8 Å². The number of benzene rings is 1. The number of anilines is 1. The minimum Gasteiger partial charge on any atom is -0.481 e. The van der Waals surface area contributed by atoms with E-state index in [0.29, 0.717) is 18.4 Å². The summed E-state index contributed by atoms with van der Waals surface area (Å²) in [6, 6.07) is 7.75. The van der Waals surface area contributed by atoms with Crippen LogP contribution in [0.2, 0.25) is 0 Å². The van der Waals surface area contributed by atoms with Crippen LogP contribution < -0.4 is 10.2 Å². The second-order valence-corrected chi connectivity index (χ2v) is 6.68. The minimum atomic E-state index is -0.720. The molecule has 0 atom stereocenters. The van der Waals surface area contributed by atoms with Crippen LogP contribution >= 0.6 is 0 Å². The molecule has 1 saturated carbocycles. The number of carboxylic acid groups (broad SMARTS) is 1. The SMILES string of the molecule is CCCCN(C)c1ccc(C(=O)NC2CCC(C(=O)O)CC2)cc1. The fourth-order valence-corrected chi connectivity index (χ4v) is 3.15. The van der Waals surface area contributed by atoms with E-state index in [1.807, 2.05) is 24.3 Å². The third-order valence-electron chi connectivity index (χ3n) is 4.83. The first-order valence-corrected chi connectivity index (χ1v) is 8.86. The first kappa shape index (κ1) is 18.3. The maximum atomic E-state index is 12.3. The third-order valence-corrected chi connectivity index (χ3v) is 4.83. The Bertz CT molecular complexity index is 548. The van der Waals surface area contributed by atoms with E-state index in [2.05, 4.69) is 24.2 Å². The zero-order valence-electron chi connectivity index (χ0n) is 14.6. The van der Waals surface area contributed by atoms with Crippen LogP contribution in [-0.4, -0.2) is 36.6 Å². The predicted octanol–water partition coefficient (Wildman–Crippen LogP) is 3.30. The number of carboxylic acids is 1. The molecule has 2 rings (SSSR count). The summed E-state index contributed by atoms with van der Waals surface area (Å²) in [5, 5.41) is 12.0. The number of rotatable bonds is 7. The first-order valence-electron chi connectivity index (χ1n) is 8.86. The lowest BCUT2D eigenvalue weighted by molar-refractivity contribution is -0.142. The van der Waals surface area contributed by atoms with Crippen molar-refractivity contribution in [2.45, 2.75) is 51.5 Å². The summed E-state index contributed by atoms with van der Waals surface area (Å²) in [5.41, 5.74) is 1.77. The van der Waals surface area contributed by atoms with Crippen LogP contribution in [0.4, 0.5) is 5.69 Å². The molecule has 1 aliphatic carbocycles. The summed E-state index contributed by atoms with van der Waals surface area (Å²) in [5.74, 6) is -1.05. The quantitative estimate of drug-likeness (QED) is 0.804. The monoisotopic (exact) mass is 332 g/mol. The Labute approximate surface area is 144 Å². The number of aliphatic carboxylic acids is 1. The van der Waals surface area contributed by atoms with Gasteiger partial charge in [0.2, 0.25) is 0 Å². The van der Waals surface area contributed by atoms with Crippen molar-refractivity contribution >= 4 is 17.6 Å². The Morgan fingerprint density at radius 3 is 2.33 bits per heavy atom. The van der Waals surface area contributed by atoms with Gasteiger partial charge in [-0.05, 0) is 56.4 Å². The maximum Gasteiger partial charge on any atom is 0.306 e. The molecule has 1 fully saturated rings. The highest BCUT2D eigenvalue weighted by atomic mass is 16.4. The molecule has 2 N–H and O–H groups in total. The second-order valence-electron chi connectivity index (χ2n) is 6.68. The second kappa shape index (κ2) is 8.71. The number of amides is 1. The van der Waals surface area contributed by atoms with E-state index in [1.165, 1.54) is 0 Å². The molecule has 0 unspecified atom stereocenters. The molecule has 0 aliphatic heterocycles. The molecular weight excluding hydrogens is 304 g/mol. The van der Waals surface area contributed by atoms with E-state index in [4.69, 9.17) is 5.11 Å².